The summed E-state index contributed by atoms with van der Waals surface area (Å²) in [4.78, 5) is 2.64. The smallest absolute Gasteiger partial charge is 0.135 e. The van der Waals surface area contributed by atoms with E-state index >= 15 is 0 Å². The van der Waals surface area contributed by atoms with Crippen molar-refractivity contribution in [3.8, 4) is 0 Å². The lowest BCUT2D eigenvalue weighted by molar-refractivity contribution is -0.943. The summed E-state index contributed by atoms with van der Waals surface area (Å²) < 4.78 is 1.19. The Labute approximate surface area is 89.5 Å². The summed E-state index contributed by atoms with van der Waals surface area (Å²) in [5, 5.41) is 0. The van der Waals surface area contributed by atoms with Gasteiger partial charge in [0.2, 0.25) is 0 Å². The maximum Gasteiger partial charge on any atom is 0.135 e. The highest BCUT2D eigenvalue weighted by atomic mass is 15.5. The third-order valence-electron chi connectivity index (χ3n) is 4.46. The van der Waals surface area contributed by atoms with Crippen LogP contribution in [0.25, 0.3) is 0 Å². The van der Waals surface area contributed by atoms with Crippen LogP contribution in [0.5, 0.6) is 0 Å². The van der Waals surface area contributed by atoms with Crippen LogP contribution in [0.4, 0.5) is 0 Å². The van der Waals surface area contributed by atoms with Crippen LogP contribution in [-0.4, -0.2) is 47.8 Å². The standard InChI is InChI=1S/C12H27N2/c1-7-11(3)13-9-12(4,5)14(6,8-2)10-13/h11H,7-10H2,1-6H3/q+1/t11?,14-/m0/s1. The molecule has 1 heterocycles. The van der Waals surface area contributed by atoms with Gasteiger partial charge in [0.1, 0.15) is 12.2 Å². The predicted octanol–water partition coefficient (Wildman–Crippen LogP) is 2.30. The number of hydrogen-bond donors (Lipinski definition) is 0. The Bertz CT molecular complexity index is 200. The third-order valence-corrected chi connectivity index (χ3v) is 4.46. The van der Waals surface area contributed by atoms with Gasteiger partial charge in [0, 0.05) is 6.04 Å². The van der Waals surface area contributed by atoms with Crippen LogP contribution in [0.1, 0.15) is 41.0 Å². The Balaban J connectivity index is 2.76. The van der Waals surface area contributed by atoms with Crippen molar-refractivity contribution in [2.45, 2.75) is 52.6 Å². The van der Waals surface area contributed by atoms with Crippen LogP contribution in [0.15, 0.2) is 0 Å². The van der Waals surface area contributed by atoms with Crippen LogP contribution in [0.3, 0.4) is 0 Å². The van der Waals surface area contributed by atoms with Gasteiger partial charge in [-0.2, -0.15) is 0 Å². The van der Waals surface area contributed by atoms with Gasteiger partial charge in [-0.3, -0.25) is 0 Å². The molecule has 2 heteroatoms. The molecule has 2 atom stereocenters. The second kappa shape index (κ2) is 3.82. The van der Waals surface area contributed by atoms with Gasteiger partial charge in [-0.1, -0.05) is 6.92 Å². The highest BCUT2D eigenvalue weighted by Gasteiger charge is 2.48. The van der Waals surface area contributed by atoms with E-state index in [1.165, 1.54) is 30.7 Å². The molecule has 1 aliphatic rings. The molecule has 1 unspecified atom stereocenters. The lowest BCUT2D eigenvalue weighted by Crippen LogP contribution is -2.55. The molecule has 14 heavy (non-hydrogen) atoms. The maximum absolute atomic E-state index is 2.64. The first-order valence-electron chi connectivity index (χ1n) is 5.95. The zero-order chi connectivity index (χ0) is 11.0. The monoisotopic (exact) mass is 199 g/mol. The summed E-state index contributed by atoms with van der Waals surface area (Å²) in [6.45, 7) is 15.4. The Kier molecular flexibility index (Phi) is 3.27. The van der Waals surface area contributed by atoms with Crippen LogP contribution < -0.4 is 0 Å². The molecule has 0 aromatic rings. The van der Waals surface area contributed by atoms with Crippen molar-refractivity contribution in [2.75, 3.05) is 26.8 Å². The van der Waals surface area contributed by atoms with Gasteiger partial charge in [-0.25, -0.2) is 4.90 Å². The van der Waals surface area contributed by atoms with Crippen molar-refractivity contribution in [3.63, 3.8) is 0 Å². The average molecular weight is 199 g/mol. The molecule has 84 valence electrons. The molecule has 2 nitrogen and oxygen atoms in total. The zero-order valence-corrected chi connectivity index (χ0v) is 10.8. The summed E-state index contributed by atoms with van der Waals surface area (Å²) in [5.41, 5.74) is 0.415. The van der Waals surface area contributed by atoms with E-state index in [1.807, 2.05) is 0 Å². The normalized spacial score (nSPS) is 34.7. The first kappa shape index (κ1) is 12.0. The lowest BCUT2D eigenvalue weighted by atomic mass is 10.0. The molecule has 0 aromatic carbocycles. The molecular formula is C12H27N2+. The second-order valence-electron chi connectivity index (χ2n) is 5.67. The molecule has 0 amide bonds. The first-order valence-corrected chi connectivity index (χ1v) is 5.95. The van der Waals surface area contributed by atoms with Crippen molar-refractivity contribution >= 4 is 0 Å². The van der Waals surface area contributed by atoms with E-state index in [0.717, 1.165) is 6.04 Å². The minimum absolute atomic E-state index is 0.415. The number of rotatable bonds is 3. The molecule has 1 aliphatic heterocycles. The lowest BCUT2D eigenvalue weighted by Gasteiger charge is -2.40. The Morgan fingerprint density at radius 3 is 2.29 bits per heavy atom. The topological polar surface area (TPSA) is 3.24 Å². The second-order valence-corrected chi connectivity index (χ2v) is 5.67. The summed E-state index contributed by atoms with van der Waals surface area (Å²) in [5.74, 6) is 0. The van der Waals surface area contributed by atoms with Crippen LogP contribution in [-0.2, 0) is 0 Å². The van der Waals surface area contributed by atoms with E-state index in [-0.39, 0.29) is 0 Å². The summed E-state index contributed by atoms with van der Waals surface area (Å²) in [6, 6.07) is 0.737. The molecule has 0 bridgehead atoms. The highest BCUT2D eigenvalue weighted by molar-refractivity contribution is 4.82. The van der Waals surface area contributed by atoms with Crippen molar-refractivity contribution in [2.24, 2.45) is 0 Å². The molecule has 1 rings (SSSR count). The van der Waals surface area contributed by atoms with E-state index in [4.69, 9.17) is 0 Å². The van der Waals surface area contributed by atoms with E-state index in [0.29, 0.717) is 5.54 Å². The first-order chi connectivity index (χ1) is 6.36. The molecule has 0 aliphatic carbocycles. The fraction of sp³-hybridized carbons (Fsp3) is 1.00. The number of likely N-dealkylation sites (N-methyl/N-ethyl adjacent to an activating group) is 1. The molecule has 0 saturated carbocycles. The Hall–Kier alpha value is -0.0800. The van der Waals surface area contributed by atoms with Gasteiger partial charge in [0.05, 0.1) is 20.1 Å². The Morgan fingerprint density at radius 1 is 1.36 bits per heavy atom. The summed E-state index contributed by atoms with van der Waals surface area (Å²) in [6.07, 6.45) is 1.26. The molecule has 0 spiro atoms. The van der Waals surface area contributed by atoms with Crippen molar-refractivity contribution in [1.29, 1.82) is 0 Å². The maximum atomic E-state index is 2.64. The fourth-order valence-corrected chi connectivity index (χ4v) is 2.39. The quantitative estimate of drug-likeness (QED) is 0.630. The predicted molar refractivity (Wildman–Crippen MR) is 62.1 cm³/mol. The van der Waals surface area contributed by atoms with E-state index in [1.54, 1.807) is 0 Å². The SMILES string of the molecule is CCC(C)N1CC(C)(C)[N@@+](C)(CC)C1. The van der Waals surface area contributed by atoms with Gasteiger partial charge in [-0.05, 0) is 34.1 Å². The fourth-order valence-electron chi connectivity index (χ4n) is 2.39. The van der Waals surface area contributed by atoms with Crippen LogP contribution in [0, 0.1) is 0 Å². The largest absolute Gasteiger partial charge is 0.308 e. The minimum Gasteiger partial charge on any atom is -0.308 e. The van der Waals surface area contributed by atoms with Gasteiger partial charge in [-0.15, -0.1) is 0 Å². The number of quaternary nitrogens is 1. The molecular weight excluding hydrogens is 172 g/mol. The molecule has 0 radical (unpaired) electrons. The number of hydrogen-bond acceptors (Lipinski definition) is 1. The molecule has 1 saturated heterocycles. The van der Waals surface area contributed by atoms with E-state index in [9.17, 15) is 0 Å². The van der Waals surface area contributed by atoms with E-state index in [2.05, 4.69) is 46.6 Å². The van der Waals surface area contributed by atoms with Gasteiger partial charge in [0.15, 0.2) is 0 Å². The van der Waals surface area contributed by atoms with Crippen molar-refractivity contribution in [1.82, 2.24) is 4.90 Å². The Morgan fingerprint density at radius 2 is 1.93 bits per heavy atom. The highest BCUT2D eigenvalue weighted by Crippen LogP contribution is 2.32. The average Bonchev–Trinajstić information content (AvgIpc) is 2.37. The van der Waals surface area contributed by atoms with Crippen molar-refractivity contribution < 1.29 is 4.48 Å². The van der Waals surface area contributed by atoms with Gasteiger partial charge < -0.3 is 4.48 Å². The van der Waals surface area contributed by atoms with Gasteiger partial charge >= 0.3 is 0 Å². The zero-order valence-electron chi connectivity index (χ0n) is 10.8. The number of nitrogens with zero attached hydrogens (tertiary/aromatic N) is 2. The molecule has 0 N–H and O–H groups in total. The molecule has 1 fully saturated rings. The van der Waals surface area contributed by atoms with Crippen LogP contribution >= 0.6 is 0 Å². The summed E-state index contributed by atoms with van der Waals surface area (Å²) >= 11 is 0. The van der Waals surface area contributed by atoms with Crippen molar-refractivity contribution in [3.05, 3.63) is 0 Å². The van der Waals surface area contributed by atoms with Crippen LogP contribution in [0.2, 0.25) is 0 Å². The van der Waals surface area contributed by atoms with Gasteiger partial charge in [0.25, 0.3) is 0 Å². The summed E-state index contributed by atoms with van der Waals surface area (Å²) in [7, 11) is 2.39. The minimum atomic E-state index is 0.415. The van der Waals surface area contributed by atoms with E-state index < -0.39 is 0 Å². The molecule has 0 aromatic heterocycles. The third kappa shape index (κ3) is 1.82.